The Hall–Kier alpha value is -5.60. The standard InChI is InChI=1S/C40H35ClN4O4/c1-49-32-20-21-35(41)33(25-32)27-19-22-36-34(24-27)37(42-38(46)28-12-11-23-44(26-28)39(47)48)43-45(36)40(29-13-5-2-6-14-29,30-15-7-3-8-16-30)31-17-9-4-10-18-31/h2-10,13-22,24-25,28H,11-12,23,26H2,1H3,(H,47,48)(H,42,43,46)/t28-/m1/s1. The van der Waals surface area contributed by atoms with E-state index in [9.17, 15) is 14.7 Å². The molecule has 0 unspecified atom stereocenters. The van der Waals surface area contributed by atoms with E-state index >= 15 is 0 Å². The van der Waals surface area contributed by atoms with Gasteiger partial charge in [-0.25, -0.2) is 9.48 Å². The van der Waals surface area contributed by atoms with Gasteiger partial charge in [-0.2, -0.15) is 5.10 Å². The highest BCUT2D eigenvalue weighted by molar-refractivity contribution is 6.33. The van der Waals surface area contributed by atoms with E-state index < -0.39 is 17.6 Å². The third-order valence-corrected chi connectivity index (χ3v) is 9.69. The fraction of sp³-hybridized carbons (Fsp3) is 0.175. The monoisotopic (exact) mass is 670 g/mol. The number of anilines is 1. The molecule has 0 aliphatic carbocycles. The molecule has 2 N–H and O–H groups in total. The van der Waals surface area contributed by atoms with E-state index in [0.717, 1.165) is 33.3 Å². The number of hydrogen-bond donors (Lipinski definition) is 2. The maximum Gasteiger partial charge on any atom is 0.407 e. The Morgan fingerprint density at radius 1 is 0.857 bits per heavy atom. The summed E-state index contributed by atoms with van der Waals surface area (Å²) in [5.74, 6) is 0.260. The van der Waals surface area contributed by atoms with E-state index in [1.807, 2.05) is 89.6 Å². The molecule has 7 rings (SSSR count). The van der Waals surface area contributed by atoms with Crippen molar-refractivity contribution in [2.45, 2.75) is 18.4 Å². The van der Waals surface area contributed by atoms with Crippen LogP contribution in [0.25, 0.3) is 22.0 Å². The summed E-state index contributed by atoms with van der Waals surface area (Å²) in [5.41, 5.74) is 4.40. The van der Waals surface area contributed by atoms with Crippen LogP contribution in [0.15, 0.2) is 127 Å². The molecule has 8 nitrogen and oxygen atoms in total. The SMILES string of the molecule is COc1ccc(Cl)c(-c2ccc3c(c2)c(NC(=O)[C@@H]2CCCN(C(=O)O)C2)nn3C(c2ccccc2)(c2ccccc2)c2ccccc2)c1. The molecule has 1 fully saturated rings. The normalized spacial score (nSPS) is 14.8. The van der Waals surface area contributed by atoms with Gasteiger partial charge in [0, 0.05) is 29.1 Å². The second kappa shape index (κ2) is 13.5. The molecule has 9 heteroatoms. The Morgan fingerprint density at radius 2 is 1.47 bits per heavy atom. The number of carbonyl (C=O) groups is 2. The largest absolute Gasteiger partial charge is 0.497 e. The molecule has 2 heterocycles. The first-order chi connectivity index (χ1) is 23.9. The first-order valence-corrected chi connectivity index (χ1v) is 16.6. The van der Waals surface area contributed by atoms with Gasteiger partial charge in [0.1, 0.15) is 11.3 Å². The van der Waals surface area contributed by atoms with Gasteiger partial charge in [-0.15, -0.1) is 0 Å². The van der Waals surface area contributed by atoms with Crippen molar-refractivity contribution >= 4 is 40.3 Å². The summed E-state index contributed by atoms with van der Waals surface area (Å²) in [6, 6.07) is 42.2. The number of fused-ring (bicyclic) bond motifs is 1. The number of amides is 2. The van der Waals surface area contributed by atoms with Crippen molar-refractivity contribution in [3.63, 3.8) is 0 Å². The molecule has 6 aromatic rings. The van der Waals surface area contributed by atoms with E-state index in [0.29, 0.717) is 41.4 Å². The van der Waals surface area contributed by atoms with E-state index in [4.69, 9.17) is 21.4 Å². The molecule has 1 saturated heterocycles. The number of methoxy groups -OCH3 is 1. The van der Waals surface area contributed by atoms with Gasteiger partial charge in [0.05, 0.1) is 18.5 Å². The number of aromatic nitrogens is 2. The highest BCUT2D eigenvalue weighted by Gasteiger charge is 2.41. The lowest BCUT2D eigenvalue weighted by molar-refractivity contribution is -0.121. The maximum atomic E-state index is 13.9. The summed E-state index contributed by atoms with van der Waals surface area (Å²) in [6.45, 7) is 0.543. The van der Waals surface area contributed by atoms with Crippen LogP contribution in [0, 0.1) is 5.92 Å². The number of ether oxygens (including phenoxy) is 1. The summed E-state index contributed by atoms with van der Waals surface area (Å²) in [6.07, 6.45) is 0.170. The number of carbonyl (C=O) groups excluding carboxylic acids is 1. The molecule has 2 amide bonds. The lowest BCUT2D eigenvalue weighted by Crippen LogP contribution is -2.43. The van der Waals surface area contributed by atoms with Gasteiger partial charge in [-0.1, -0.05) is 109 Å². The van der Waals surface area contributed by atoms with Gasteiger partial charge in [0.15, 0.2) is 5.82 Å². The first-order valence-electron chi connectivity index (χ1n) is 16.2. The molecule has 1 aromatic heterocycles. The zero-order chi connectivity index (χ0) is 34.0. The molecular formula is C40H35ClN4O4. The number of likely N-dealkylation sites (tertiary alicyclic amines) is 1. The molecule has 0 bridgehead atoms. The van der Waals surface area contributed by atoms with Crippen molar-refractivity contribution in [2.75, 3.05) is 25.5 Å². The van der Waals surface area contributed by atoms with Crippen molar-refractivity contribution in [2.24, 2.45) is 5.92 Å². The van der Waals surface area contributed by atoms with E-state index in [1.165, 1.54) is 4.90 Å². The second-order valence-electron chi connectivity index (χ2n) is 12.2. The van der Waals surface area contributed by atoms with Gasteiger partial charge < -0.3 is 20.1 Å². The lowest BCUT2D eigenvalue weighted by Gasteiger charge is -2.37. The minimum absolute atomic E-state index is 0.131. The van der Waals surface area contributed by atoms with Crippen molar-refractivity contribution in [3.8, 4) is 16.9 Å². The van der Waals surface area contributed by atoms with Crippen LogP contribution in [0.1, 0.15) is 29.5 Å². The highest BCUT2D eigenvalue weighted by atomic mass is 35.5. The Morgan fingerprint density at radius 3 is 2.04 bits per heavy atom. The summed E-state index contributed by atoms with van der Waals surface area (Å²) in [5, 5.41) is 19.3. The Labute approximate surface area is 289 Å². The third kappa shape index (κ3) is 5.89. The fourth-order valence-corrected chi connectivity index (χ4v) is 7.20. The van der Waals surface area contributed by atoms with Gasteiger partial charge >= 0.3 is 6.09 Å². The number of piperidine rings is 1. The average Bonchev–Trinajstić information content (AvgIpc) is 3.50. The van der Waals surface area contributed by atoms with Crippen LogP contribution in [0.5, 0.6) is 5.75 Å². The second-order valence-corrected chi connectivity index (χ2v) is 12.6. The summed E-state index contributed by atoms with van der Waals surface area (Å²) >= 11 is 6.72. The Bertz CT molecular complexity index is 2020. The molecule has 0 spiro atoms. The number of hydrogen-bond acceptors (Lipinski definition) is 4. The Balaban J connectivity index is 1.49. The molecule has 0 radical (unpaired) electrons. The minimum atomic E-state index is -1.02. The topological polar surface area (TPSA) is 96.7 Å². The van der Waals surface area contributed by atoms with Gasteiger partial charge in [0.2, 0.25) is 5.91 Å². The van der Waals surface area contributed by atoms with Gasteiger partial charge in [0.25, 0.3) is 0 Å². The number of nitrogens with one attached hydrogen (secondary N) is 1. The van der Waals surface area contributed by atoms with Crippen molar-refractivity contribution in [1.29, 1.82) is 0 Å². The number of nitrogens with zero attached hydrogens (tertiary/aromatic N) is 3. The van der Waals surface area contributed by atoms with Crippen LogP contribution < -0.4 is 10.1 Å². The molecular weight excluding hydrogens is 636 g/mol. The quantitative estimate of drug-likeness (QED) is 0.158. The van der Waals surface area contributed by atoms with Crippen LogP contribution in [0.2, 0.25) is 5.02 Å². The van der Waals surface area contributed by atoms with Gasteiger partial charge in [-0.05, 0) is 65.4 Å². The van der Waals surface area contributed by atoms with E-state index in [1.54, 1.807) is 13.2 Å². The minimum Gasteiger partial charge on any atom is -0.497 e. The number of carboxylic acid groups (broad SMARTS) is 1. The third-order valence-electron chi connectivity index (χ3n) is 9.36. The summed E-state index contributed by atoms with van der Waals surface area (Å²) in [7, 11) is 1.61. The molecule has 49 heavy (non-hydrogen) atoms. The van der Waals surface area contributed by atoms with Crippen LogP contribution in [0.4, 0.5) is 10.6 Å². The number of rotatable bonds is 8. The molecule has 1 aliphatic heterocycles. The highest BCUT2D eigenvalue weighted by Crippen LogP contribution is 2.44. The predicted octanol–water partition coefficient (Wildman–Crippen LogP) is 8.53. The number of benzene rings is 5. The smallest absolute Gasteiger partial charge is 0.407 e. The Kier molecular flexibility index (Phi) is 8.80. The number of halogens is 1. The zero-order valence-electron chi connectivity index (χ0n) is 26.9. The van der Waals surface area contributed by atoms with Crippen LogP contribution in [-0.2, 0) is 10.3 Å². The lowest BCUT2D eigenvalue weighted by atomic mass is 9.77. The van der Waals surface area contributed by atoms with Gasteiger partial charge in [-0.3, -0.25) is 4.79 Å². The molecule has 246 valence electrons. The average molecular weight is 671 g/mol. The molecule has 1 aliphatic rings. The van der Waals surface area contributed by atoms with Crippen molar-refractivity contribution < 1.29 is 19.4 Å². The molecule has 0 saturated carbocycles. The molecule has 1 atom stereocenters. The summed E-state index contributed by atoms with van der Waals surface area (Å²) < 4.78 is 7.51. The van der Waals surface area contributed by atoms with Crippen molar-refractivity contribution in [1.82, 2.24) is 14.7 Å². The van der Waals surface area contributed by atoms with E-state index in [-0.39, 0.29) is 12.5 Å². The molecule has 5 aromatic carbocycles. The zero-order valence-corrected chi connectivity index (χ0v) is 27.7. The van der Waals surface area contributed by atoms with Crippen LogP contribution in [0.3, 0.4) is 0 Å². The predicted molar refractivity (Wildman–Crippen MR) is 192 cm³/mol. The van der Waals surface area contributed by atoms with Crippen LogP contribution >= 0.6 is 11.6 Å². The maximum absolute atomic E-state index is 13.9. The van der Waals surface area contributed by atoms with Crippen molar-refractivity contribution in [3.05, 3.63) is 149 Å². The van der Waals surface area contributed by atoms with Crippen LogP contribution in [-0.4, -0.2) is 52.0 Å². The first kappa shape index (κ1) is 32.0. The fourth-order valence-electron chi connectivity index (χ4n) is 6.97. The van der Waals surface area contributed by atoms with E-state index in [2.05, 4.69) is 41.7 Å². The summed E-state index contributed by atoms with van der Waals surface area (Å²) in [4.78, 5) is 27.0.